The quantitative estimate of drug-likeness (QED) is 0.799. The molecular weight excluding hydrogens is 220 g/mol. The maximum atomic E-state index is 8.67. The molecule has 2 aromatic heterocycles. The van der Waals surface area contributed by atoms with Crippen LogP contribution in [0.15, 0.2) is 23.8 Å². The number of aromatic nitrogens is 2. The Morgan fingerprint density at radius 3 is 3.12 bits per heavy atom. The summed E-state index contributed by atoms with van der Waals surface area (Å²) < 4.78 is 2.08. The van der Waals surface area contributed by atoms with E-state index in [9.17, 15) is 0 Å². The average molecular weight is 232 g/mol. The van der Waals surface area contributed by atoms with E-state index in [1.54, 1.807) is 17.5 Å². The first-order chi connectivity index (χ1) is 7.81. The van der Waals surface area contributed by atoms with Gasteiger partial charge in [-0.15, -0.1) is 11.3 Å². The Labute approximate surface area is 98.4 Å². The molecule has 0 aromatic carbocycles. The van der Waals surface area contributed by atoms with Crippen LogP contribution in [-0.4, -0.2) is 21.3 Å². The Balaban J connectivity index is 2.22. The van der Waals surface area contributed by atoms with E-state index < -0.39 is 0 Å². The lowest BCUT2D eigenvalue weighted by atomic mass is 10.2. The summed E-state index contributed by atoms with van der Waals surface area (Å²) in [4.78, 5) is 5.38. The van der Waals surface area contributed by atoms with E-state index in [1.165, 1.54) is 4.88 Å². The van der Waals surface area contributed by atoms with Crippen LogP contribution in [0.25, 0.3) is 0 Å². The molecule has 0 aliphatic carbocycles. The highest BCUT2D eigenvalue weighted by Crippen LogP contribution is 2.17. The fraction of sp³-hybridized carbons (Fsp3) is 0.250. The molecule has 82 valence electrons. The molecule has 0 spiro atoms. The lowest BCUT2D eigenvalue weighted by molar-refractivity contribution is 0.350. The summed E-state index contributed by atoms with van der Waals surface area (Å²) in [6.45, 7) is 2.67. The summed E-state index contributed by atoms with van der Waals surface area (Å²) in [6, 6.07) is 1.98. The summed E-state index contributed by atoms with van der Waals surface area (Å²) in [5.41, 5.74) is 0.993. The molecule has 4 heteroatoms. The Bertz CT molecular complexity index is 530. The molecule has 0 unspecified atom stereocenters. The molecule has 0 radical (unpaired) electrons. The van der Waals surface area contributed by atoms with Crippen molar-refractivity contribution in [3.05, 3.63) is 40.1 Å². The average Bonchev–Trinajstić information content (AvgIpc) is 2.87. The van der Waals surface area contributed by atoms with Crippen LogP contribution in [0, 0.1) is 18.8 Å². The highest BCUT2D eigenvalue weighted by Gasteiger charge is 2.04. The first-order valence-corrected chi connectivity index (χ1v) is 5.83. The lowest BCUT2D eigenvalue weighted by Crippen LogP contribution is -2.00. The van der Waals surface area contributed by atoms with Gasteiger partial charge in [-0.05, 0) is 18.4 Å². The molecule has 3 nitrogen and oxygen atoms in total. The number of aliphatic hydroxyl groups excluding tert-OH is 1. The van der Waals surface area contributed by atoms with Gasteiger partial charge in [-0.25, -0.2) is 4.98 Å². The molecule has 16 heavy (non-hydrogen) atoms. The van der Waals surface area contributed by atoms with Gasteiger partial charge < -0.3 is 9.67 Å². The number of hydrogen-bond donors (Lipinski definition) is 1. The Hall–Kier alpha value is -1.57. The van der Waals surface area contributed by atoms with Crippen molar-refractivity contribution in [2.75, 3.05) is 6.61 Å². The van der Waals surface area contributed by atoms with Crippen LogP contribution in [0.2, 0.25) is 0 Å². The van der Waals surface area contributed by atoms with Crippen molar-refractivity contribution in [3.8, 4) is 11.8 Å². The van der Waals surface area contributed by atoms with Gasteiger partial charge in [0.2, 0.25) is 0 Å². The highest BCUT2D eigenvalue weighted by molar-refractivity contribution is 7.10. The maximum Gasteiger partial charge on any atom is 0.105 e. The molecule has 0 atom stereocenters. The molecule has 2 rings (SSSR count). The summed E-state index contributed by atoms with van der Waals surface area (Å²) >= 11 is 1.67. The molecule has 0 aliphatic rings. The van der Waals surface area contributed by atoms with E-state index in [1.807, 2.05) is 24.6 Å². The zero-order chi connectivity index (χ0) is 11.4. The number of rotatable bonds is 2. The van der Waals surface area contributed by atoms with Gasteiger partial charge in [0.25, 0.3) is 0 Å². The third-order valence-corrected chi connectivity index (χ3v) is 3.19. The van der Waals surface area contributed by atoms with Crippen LogP contribution >= 0.6 is 11.3 Å². The lowest BCUT2D eigenvalue weighted by Gasteiger charge is -2.03. The van der Waals surface area contributed by atoms with Gasteiger partial charge in [-0.3, -0.25) is 0 Å². The van der Waals surface area contributed by atoms with Crippen LogP contribution in [0.1, 0.15) is 16.3 Å². The number of aliphatic hydroxyl groups is 1. The van der Waals surface area contributed by atoms with Crippen molar-refractivity contribution in [3.63, 3.8) is 0 Å². The van der Waals surface area contributed by atoms with Crippen LogP contribution in [-0.2, 0) is 6.54 Å². The molecule has 0 amide bonds. The van der Waals surface area contributed by atoms with E-state index in [2.05, 4.69) is 21.4 Å². The molecular formula is C12H12N2OS. The minimum absolute atomic E-state index is 0.0978. The number of nitrogens with zero attached hydrogens (tertiary/aromatic N) is 2. The number of aryl methyl sites for hydroxylation is 1. The predicted molar refractivity (Wildman–Crippen MR) is 64.3 cm³/mol. The zero-order valence-electron chi connectivity index (χ0n) is 8.97. The molecule has 2 aromatic rings. The molecule has 1 N–H and O–H groups in total. The molecule has 0 fully saturated rings. The van der Waals surface area contributed by atoms with Gasteiger partial charge in [0.05, 0.1) is 6.54 Å². The number of thiophene rings is 1. The second kappa shape index (κ2) is 4.97. The van der Waals surface area contributed by atoms with Gasteiger partial charge in [-0.1, -0.05) is 11.8 Å². The van der Waals surface area contributed by atoms with Gasteiger partial charge in [0.1, 0.15) is 12.4 Å². The SMILES string of the molecule is Cc1nccn1Cc1sccc1C#CCO. The summed E-state index contributed by atoms with van der Waals surface area (Å²) in [7, 11) is 0. The van der Waals surface area contributed by atoms with Crippen LogP contribution in [0.3, 0.4) is 0 Å². The van der Waals surface area contributed by atoms with E-state index in [0.29, 0.717) is 0 Å². The van der Waals surface area contributed by atoms with Gasteiger partial charge >= 0.3 is 0 Å². The number of imidazole rings is 1. The first-order valence-electron chi connectivity index (χ1n) is 4.95. The molecule has 2 heterocycles. The van der Waals surface area contributed by atoms with E-state index >= 15 is 0 Å². The van der Waals surface area contributed by atoms with Crippen LogP contribution in [0.5, 0.6) is 0 Å². The second-order valence-electron chi connectivity index (χ2n) is 3.32. The van der Waals surface area contributed by atoms with Crippen LogP contribution < -0.4 is 0 Å². The largest absolute Gasteiger partial charge is 0.384 e. The van der Waals surface area contributed by atoms with E-state index in [4.69, 9.17) is 5.11 Å². The third-order valence-electron chi connectivity index (χ3n) is 2.29. The van der Waals surface area contributed by atoms with Gasteiger partial charge in [-0.2, -0.15) is 0 Å². The summed E-state index contributed by atoms with van der Waals surface area (Å²) in [5, 5.41) is 10.7. The van der Waals surface area contributed by atoms with Crippen molar-refractivity contribution in [2.24, 2.45) is 0 Å². The van der Waals surface area contributed by atoms with Gasteiger partial charge in [0, 0.05) is 22.8 Å². The topological polar surface area (TPSA) is 38.0 Å². The van der Waals surface area contributed by atoms with Gasteiger partial charge in [0.15, 0.2) is 0 Å². The third kappa shape index (κ3) is 2.32. The fourth-order valence-corrected chi connectivity index (χ4v) is 2.26. The fourth-order valence-electron chi connectivity index (χ4n) is 1.43. The standard InChI is InChI=1S/C12H12N2OS/c1-10-13-5-6-14(10)9-12-11(3-2-7-15)4-8-16-12/h4-6,8,15H,7,9H2,1H3. The van der Waals surface area contributed by atoms with Crippen molar-refractivity contribution < 1.29 is 5.11 Å². The van der Waals surface area contributed by atoms with Crippen molar-refractivity contribution in [1.29, 1.82) is 0 Å². The van der Waals surface area contributed by atoms with Crippen molar-refractivity contribution >= 4 is 11.3 Å². The minimum atomic E-state index is -0.0978. The summed E-state index contributed by atoms with van der Waals surface area (Å²) in [5.74, 6) is 6.62. The van der Waals surface area contributed by atoms with E-state index in [0.717, 1.165) is 17.9 Å². The van der Waals surface area contributed by atoms with E-state index in [-0.39, 0.29) is 6.61 Å². The first kappa shape index (κ1) is 10.9. The number of hydrogen-bond acceptors (Lipinski definition) is 3. The maximum absolute atomic E-state index is 8.67. The summed E-state index contributed by atoms with van der Waals surface area (Å²) in [6.07, 6.45) is 3.75. The monoisotopic (exact) mass is 232 g/mol. The van der Waals surface area contributed by atoms with Crippen molar-refractivity contribution in [1.82, 2.24) is 9.55 Å². The van der Waals surface area contributed by atoms with Crippen molar-refractivity contribution in [2.45, 2.75) is 13.5 Å². The minimum Gasteiger partial charge on any atom is -0.384 e. The Morgan fingerprint density at radius 2 is 2.44 bits per heavy atom. The predicted octanol–water partition coefficient (Wildman–Crippen LogP) is 1.65. The Morgan fingerprint density at radius 1 is 1.56 bits per heavy atom. The zero-order valence-corrected chi connectivity index (χ0v) is 9.79. The highest BCUT2D eigenvalue weighted by atomic mass is 32.1. The Kier molecular flexibility index (Phi) is 3.40. The normalized spacial score (nSPS) is 9.88. The molecule has 0 bridgehead atoms. The smallest absolute Gasteiger partial charge is 0.105 e. The molecule has 0 aliphatic heterocycles. The second-order valence-corrected chi connectivity index (χ2v) is 4.32. The molecule has 0 saturated heterocycles. The van der Waals surface area contributed by atoms with Crippen LogP contribution in [0.4, 0.5) is 0 Å². The molecule has 0 saturated carbocycles.